The normalized spacial score (nSPS) is 17.3. The summed E-state index contributed by atoms with van der Waals surface area (Å²) in [5, 5.41) is 21.2. The summed E-state index contributed by atoms with van der Waals surface area (Å²) >= 11 is 0. The van der Waals surface area contributed by atoms with E-state index in [0.717, 1.165) is 36.3 Å². The van der Waals surface area contributed by atoms with Crippen LogP contribution in [0.1, 0.15) is 29.3 Å². The number of nitro groups is 1. The van der Waals surface area contributed by atoms with Gasteiger partial charge in [-0.15, -0.1) is 0 Å². The van der Waals surface area contributed by atoms with Crippen molar-refractivity contribution in [1.29, 1.82) is 0 Å². The number of rotatable bonds is 4. The zero-order valence-electron chi connectivity index (χ0n) is 14.9. The summed E-state index contributed by atoms with van der Waals surface area (Å²) in [6.45, 7) is 2.42. The molecule has 1 aliphatic rings. The molecule has 1 N–H and O–H groups in total. The van der Waals surface area contributed by atoms with Crippen LogP contribution in [-0.2, 0) is 13.1 Å². The molecule has 1 aliphatic heterocycles. The summed E-state index contributed by atoms with van der Waals surface area (Å²) in [5.41, 5.74) is 3.15. The number of phenols is 1. The van der Waals surface area contributed by atoms with Crippen LogP contribution in [0, 0.1) is 10.1 Å². The summed E-state index contributed by atoms with van der Waals surface area (Å²) in [6, 6.07) is 18.3. The average molecular weight is 363 g/mol. The minimum absolute atomic E-state index is 0.0251. The molecule has 0 fully saturated rings. The van der Waals surface area contributed by atoms with Gasteiger partial charge >= 0.3 is 0 Å². The maximum atomic E-state index is 11.0. The molecular formula is C21H21N3O3. The summed E-state index contributed by atoms with van der Waals surface area (Å²) in [4.78, 5) is 13.0. The number of nitrogens with zero attached hydrogens (tertiary/aromatic N) is 3. The van der Waals surface area contributed by atoms with Crippen molar-refractivity contribution in [1.82, 2.24) is 9.47 Å². The number of benzene rings is 2. The first-order valence-corrected chi connectivity index (χ1v) is 9.04. The van der Waals surface area contributed by atoms with Crippen molar-refractivity contribution in [2.45, 2.75) is 25.6 Å². The minimum Gasteiger partial charge on any atom is -0.508 e. The van der Waals surface area contributed by atoms with Gasteiger partial charge in [-0.1, -0.05) is 30.3 Å². The number of fused-ring (bicyclic) bond motifs is 1. The molecule has 4 rings (SSSR count). The van der Waals surface area contributed by atoms with Gasteiger partial charge in [-0.25, -0.2) is 0 Å². The lowest BCUT2D eigenvalue weighted by Crippen LogP contribution is -2.29. The van der Waals surface area contributed by atoms with Crippen molar-refractivity contribution in [3.8, 4) is 5.75 Å². The van der Waals surface area contributed by atoms with Gasteiger partial charge < -0.3 is 9.67 Å². The standard InChI is InChI=1S/C21H21N3O3/c25-20-7-2-1-5-17(20)15-23-14-4-13-22-12-3-6-19(22)21(23)16-8-10-18(11-9-16)24(26)27/h1-3,5-12,21,25H,4,13-15H2/t21-/m1/s1. The number of hydrogen-bond donors (Lipinski definition) is 1. The van der Waals surface area contributed by atoms with Crippen LogP contribution >= 0.6 is 0 Å². The molecule has 0 radical (unpaired) electrons. The van der Waals surface area contributed by atoms with Crippen LogP contribution in [0.25, 0.3) is 0 Å². The van der Waals surface area contributed by atoms with Crippen LogP contribution in [0.2, 0.25) is 0 Å². The first-order valence-electron chi connectivity index (χ1n) is 9.04. The van der Waals surface area contributed by atoms with Gasteiger partial charge in [-0.05, 0) is 30.2 Å². The lowest BCUT2D eigenvalue weighted by Gasteiger charge is -2.30. The largest absolute Gasteiger partial charge is 0.508 e. The average Bonchev–Trinajstić information content (AvgIpc) is 3.05. The van der Waals surface area contributed by atoms with E-state index in [4.69, 9.17) is 0 Å². The first kappa shape index (κ1) is 17.3. The Bertz CT molecular complexity index is 949. The third kappa shape index (κ3) is 3.44. The van der Waals surface area contributed by atoms with Crippen LogP contribution < -0.4 is 0 Å². The van der Waals surface area contributed by atoms with Gasteiger partial charge in [0.2, 0.25) is 0 Å². The molecule has 138 valence electrons. The van der Waals surface area contributed by atoms with E-state index in [-0.39, 0.29) is 16.7 Å². The Morgan fingerprint density at radius 1 is 1.04 bits per heavy atom. The van der Waals surface area contributed by atoms with E-state index >= 15 is 0 Å². The van der Waals surface area contributed by atoms with Crippen molar-refractivity contribution in [3.05, 3.63) is 93.8 Å². The van der Waals surface area contributed by atoms with E-state index in [2.05, 4.69) is 21.7 Å². The molecule has 0 bridgehead atoms. The predicted octanol–water partition coefficient (Wildman–Crippen LogP) is 4.10. The molecule has 6 heteroatoms. The molecular weight excluding hydrogens is 342 g/mol. The molecule has 0 aliphatic carbocycles. The Morgan fingerprint density at radius 2 is 1.81 bits per heavy atom. The van der Waals surface area contributed by atoms with Crippen molar-refractivity contribution in [2.24, 2.45) is 0 Å². The van der Waals surface area contributed by atoms with E-state index in [1.807, 2.05) is 36.4 Å². The Hall–Kier alpha value is -3.12. The van der Waals surface area contributed by atoms with Crippen LogP contribution in [0.5, 0.6) is 5.75 Å². The monoisotopic (exact) mass is 363 g/mol. The second-order valence-corrected chi connectivity index (χ2v) is 6.83. The van der Waals surface area contributed by atoms with Crippen molar-refractivity contribution in [2.75, 3.05) is 6.54 Å². The quantitative estimate of drug-likeness (QED) is 0.560. The van der Waals surface area contributed by atoms with Crippen LogP contribution in [0.3, 0.4) is 0 Å². The number of phenolic OH excluding ortho intramolecular Hbond substituents is 1. The molecule has 2 aromatic carbocycles. The van der Waals surface area contributed by atoms with Gasteiger partial charge in [-0.3, -0.25) is 15.0 Å². The van der Waals surface area contributed by atoms with Crippen molar-refractivity contribution < 1.29 is 10.0 Å². The second kappa shape index (κ2) is 7.25. The van der Waals surface area contributed by atoms with E-state index in [1.165, 1.54) is 0 Å². The van der Waals surface area contributed by atoms with Gasteiger partial charge in [0.15, 0.2) is 0 Å². The fourth-order valence-electron chi connectivity index (χ4n) is 3.83. The van der Waals surface area contributed by atoms with Crippen molar-refractivity contribution in [3.63, 3.8) is 0 Å². The predicted molar refractivity (Wildman–Crippen MR) is 103 cm³/mol. The Balaban J connectivity index is 1.74. The third-order valence-electron chi connectivity index (χ3n) is 5.14. The maximum absolute atomic E-state index is 11.0. The zero-order valence-corrected chi connectivity index (χ0v) is 14.9. The number of nitro benzene ring substituents is 1. The van der Waals surface area contributed by atoms with E-state index in [0.29, 0.717) is 12.3 Å². The highest BCUT2D eigenvalue weighted by Gasteiger charge is 2.28. The highest BCUT2D eigenvalue weighted by Crippen LogP contribution is 2.34. The molecule has 0 unspecified atom stereocenters. The van der Waals surface area contributed by atoms with Crippen LogP contribution in [0.15, 0.2) is 66.9 Å². The number of non-ortho nitro benzene ring substituents is 1. The molecule has 6 nitrogen and oxygen atoms in total. The molecule has 0 saturated heterocycles. The highest BCUT2D eigenvalue weighted by molar-refractivity contribution is 5.38. The smallest absolute Gasteiger partial charge is 0.269 e. The Labute approximate surface area is 157 Å². The lowest BCUT2D eigenvalue weighted by molar-refractivity contribution is -0.384. The SMILES string of the molecule is O=[N+]([O-])c1ccc([C@@H]2c3cccn3CCCN2Cc2ccccc2O)cc1. The second-order valence-electron chi connectivity index (χ2n) is 6.83. The fourth-order valence-corrected chi connectivity index (χ4v) is 3.83. The van der Waals surface area contributed by atoms with E-state index < -0.39 is 0 Å². The molecule has 0 spiro atoms. The molecule has 3 aromatic rings. The van der Waals surface area contributed by atoms with Gasteiger partial charge in [0.1, 0.15) is 5.75 Å². The molecule has 0 amide bonds. The lowest BCUT2D eigenvalue weighted by atomic mass is 10.0. The molecule has 27 heavy (non-hydrogen) atoms. The highest BCUT2D eigenvalue weighted by atomic mass is 16.6. The summed E-state index contributed by atoms with van der Waals surface area (Å²) < 4.78 is 2.25. The number of aromatic hydroxyl groups is 1. The molecule has 1 aromatic heterocycles. The Kier molecular flexibility index (Phi) is 4.64. The van der Waals surface area contributed by atoms with Gasteiger partial charge in [0.05, 0.1) is 11.0 Å². The van der Waals surface area contributed by atoms with E-state index in [9.17, 15) is 15.2 Å². The number of hydrogen-bond acceptors (Lipinski definition) is 4. The summed E-state index contributed by atoms with van der Waals surface area (Å²) in [7, 11) is 0. The number of aromatic nitrogens is 1. The third-order valence-corrected chi connectivity index (χ3v) is 5.14. The van der Waals surface area contributed by atoms with Gasteiger partial charge in [-0.2, -0.15) is 0 Å². The topological polar surface area (TPSA) is 71.5 Å². The van der Waals surface area contributed by atoms with Gasteiger partial charge in [0.25, 0.3) is 5.69 Å². The number of aryl methyl sites for hydroxylation is 1. The summed E-state index contributed by atoms with van der Waals surface area (Å²) in [5.74, 6) is 0.291. The van der Waals surface area contributed by atoms with E-state index in [1.54, 1.807) is 18.2 Å². The number of para-hydroxylation sites is 1. The van der Waals surface area contributed by atoms with Gasteiger partial charge in [0, 0.05) is 49.2 Å². The summed E-state index contributed by atoms with van der Waals surface area (Å²) in [6.07, 6.45) is 3.08. The van der Waals surface area contributed by atoms with Crippen molar-refractivity contribution >= 4 is 5.69 Å². The zero-order chi connectivity index (χ0) is 18.8. The fraction of sp³-hybridized carbons (Fsp3) is 0.238. The molecule has 0 saturated carbocycles. The van der Waals surface area contributed by atoms with Crippen LogP contribution in [-0.4, -0.2) is 26.0 Å². The first-order chi connectivity index (χ1) is 13.1. The van der Waals surface area contributed by atoms with Crippen LogP contribution in [0.4, 0.5) is 5.69 Å². The molecule has 2 heterocycles. The minimum atomic E-state index is -0.376. The Morgan fingerprint density at radius 3 is 2.56 bits per heavy atom. The molecule has 1 atom stereocenters. The maximum Gasteiger partial charge on any atom is 0.269 e.